The number of hydrogen-bond acceptors (Lipinski definition) is 3. The summed E-state index contributed by atoms with van der Waals surface area (Å²) in [6.45, 7) is 0.688. The highest BCUT2D eigenvalue weighted by Crippen LogP contribution is 2.17. The zero-order chi connectivity index (χ0) is 13.1. The Labute approximate surface area is 113 Å². The smallest absolute Gasteiger partial charge is 0.237 e. The number of hydrogen-bond donors (Lipinski definition) is 3. The largest absolute Gasteiger partial charge is 0.392 e. The van der Waals surface area contributed by atoms with Crippen LogP contribution >= 0.6 is 15.9 Å². The Hall–Kier alpha value is -0.980. The molecule has 4 nitrogen and oxygen atoms in total. The van der Waals surface area contributed by atoms with E-state index in [4.69, 9.17) is 0 Å². The van der Waals surface area contributed by atoms with Crippen LogP contribution < -0.4 is 10.6 Å². The highest BCUT2D eigenvalue weighted by Gasteiger charge is 2.27. The van der Waals surface area contributed by atoms with Crippen molar-refractivity contribution in [3.05, 3.63) is 34.1 Å². The minimum absolute atomic E-state index is 0.178. The lowest BCUT2D eigenvalue weighted by atomic mass is 10.1. The molecule has 0 aliphatic carbocycles. The van der Waals surface area contributed by atoms with Gasteiger partial charge in [-0.1, -0.05) is 15.9 Å². The van der Waals surface area contributed by atoms with Crippen LogP contribution in [-0.4, -0.2) is 29.7 Å². The van der Waals surface area contributed by atoms with Crippen molar-refractivity contribution in [1.82, 2.24) is 10.6 Å². The molecule has 0 bridgehead atoms. The molecule has 1 aromatic rings. The monoisotopic (exact) mass is 316 g/mol. The van der Waals surface area contributed by atoms with Crippen molar-refractivity contribution in [2.24, 2.45) is 0 Å². The van der Waals surface area contributed by atoms with E-state index in [2.05, 4.69) is 26.6 Å². The van der Waals surface area contributed by atoms with Gasteiger partial charge in [-0.15, -0.1) is 0 Å². The Morgan fingerprint density at radius 1 is 1.61 bits per heavy atom. The summed E-state index contributed by atoms with van der Waals surface area (Å²) in [7, 11) is 0. The van der Waals surface area contributed by atoms with Crippen molar-refractivity contribution in [1.29, 1.82) is 0 Å². The van der Waals surface area contributed by atoms with Gasteiger partial charge < -0.3 is 15.7 Å². The Kier molecular flexibility index (Phi) is 4.31. The topological polar surface area (TPSA) is 61.4 Å². The van der Waals surface area contributed by atoms with Gasteiger partial charge >= 0.3 is 0 Å². The van der Waals surface area contributed by atoms with Gasteiger partial charge in [0.1, 0.15) is 5.82 Å². The molecule has 0 saturated carbocycles. The third-order valence-corrected chi connectivity index (χ3v) is 3.66. The van der Waals surface area contributed by atoms with Crippen LogP contribution in [0, 0.1) is 5.82 Å². The molecule has 1 amide bonds. The van der Waals surface area contributed by atoms with Crippen molar-refractivity contribution < 1.29 is 14.3 Å². The Morgan fingerprint density at radius 3 is 3.06 bits per heavy atom. The van der Waals surface area contributed by atoms with Crippen molar-refractivity contribution >= 4 is 21.8 Å². The second-order valence-electron chi connectivity index (χ2n) is 4.30. The normalized spacial score (nSPS) is 23.1. The van der Waals surface area contributed by atoms with E-state index in [1.807, 2.05) is 0 Å². The molecule has 0 radical (unpaired) electrons. The van der Waals surface area contributed by atoms with Crippen molar-refractivity contribution in [2.45, 2.75) is 25.1 Å². The molecule has 1 aliphatic rings. The van der Waals surface area contributed by atoms with Crippen LogP contribution in [0.5, 0.6) is 0 Å². The van der Waals surface area contributed by atoms with Crippen molar-refractivity contribution in [2.75, 3.05) is 6.54 Å². The first-order valence-corrected chi connectivity index (χ1v) is 6.48. The van der Waals surface area contributed by atoms with Crippen LogP contribution in [0.15, 0.2) is 22.7 Å². The van der Waals surface area contributed by atoms with Gasteiger partial charge in [-0.2, -0.15) is 0 Å². The quantitative estimate of drug-likeness (QED) is 0.777. The van der Waals surface area contributed by atoms with E-state index in [-0.39, 0.29) is 24.3 Å². The molecule has 2 atom stereocenters. The SMILES string of the molecule is O=C(NCc1cc(F)ccc1Br)[C@H]1C[C@@H](O)CN1. The minimum Gasteiger partial charge on any atom is -0.392 e. The van der Waals surface area contributed by atoms with E-state index >= 15 is 0 Å². The van der Waals surface area contributed by atoms with E-state index in [9.17, 15) is 14.3 Å². The lowest BCUT2D eigenvalue weighted by Gasteiger charge is -2.12. The number of aliphatic hydroxyl groups excluding tert-OH is 1. The fourth-order valence-electron chi connectivity index (χ4n) is 1.90. The van der Waals surface area contributed by atoms with Crippen molar-refractivity contribution in [3.8, 4) is 0 Å². The highest BCUT2D eigenvalue weighted by atomic mass is 79.9. The van der Waals surface area contributed by atoms with Crippen LogP contribution in [0.1, 0.15) is 12.0 Å². The Balaban J connectivity index is 1.91. The summed E-state index contributed by atoms with van der Waals surface area (Å²) in [6, 6.07) is 3.97. The van der Waals surface area contributed by atoms with E-state index < -0.39 is 6.10 Å². The summed E-state index contributed by atoms with van der Waals surface area (Å²) in [6.07, 6.45) is -0.0578. The van der Waals surface area contributed by atoms with E-state index in [0.29, 0.717) is 18.5 Å². The molecule has 6 heteroatoms. The minimum atomic E-state index is -0.471. The lowest BCUT2D eigenvalue weighted by Crippen LogP contribution is -2.40. The van der Waals surface area contributed by atoms with E-state index in [1.54, 1.807) is 6.07 Å². The summed E-state index contributed by atoms with van der Waals surface area (Å²) in [5.41, 5.74) is 0.682. The molecule has 1 saturated heterocycles. The first kappa shape index (κ1) is 13.5. The molecule has 1 aromatic carbocycles. The first-order valence-electron chi connectivity index (χ1n) is 5.69. The number of nitrogens with one attached hydrogen (secondary N) is 2. The van der Waals surface area contributed by atoms with Gasteiger partial charge in [-0.25, -0.2) is 4.39 Å². The summed E-state index contributed by atoms with van der Waals surface area (Å²) >= 11 is 3.30. The second-order valence-corrected chi connectivity index (χ2v) is 5.16. The molecule has 0 unspecified atom stereocenters. The maximum atomic E-state index is 13.0. The van der Waals surface area contributed by atoms with Gasteiger partial charge in [0.2, 0.25) is 5.91 Å². The number of carbonyl (C=O) groups is 1. The number of benzene rings is 1. The van der Waals surface area contributed by atoms with Crippen LogP contribution in [0.4, 0.5) is 4.39 Å². The molecule has 1 heterocycles. The number of amides is 1. The summed E-state index contributed by atoms with van der Waals surface area (Å²) in [5, 5.41) is 15.0. The molecular weight excluding hydrogens is 303 g/mol. The van der Waals surface area contributed by atoms with Crippen LogP contribution in [-0.2, 0) is 11.3 Å². The molecule has 1 aliphatic heterocycles. The fourth-order valence-corrected chi connectivity index (χ4v) is 2.29. The summed E-state index contributed by atoms with van der Waals surface area (Å²) in [4.78, 5) is 11.8. The van der Waals surface area contributed by atoms with Gasteiger partial charge in [-0.05, 0) is 30.2 Å². The molecule has 18 heavy (non-hydrogen) atoms. The third-order valence-electron chi connectivity index (χ3n) is 2.88. The Morgan fingerprint density at radius 2 is 2.39 bits per heavy atom. The van der Waals surface area contributed by atoms with Crippen LogP contribution in [0.3, 0.4) is 0 Å². The first-order chi connectivity index (χ1) is 8.56. The van der Waals surface area contributed by atoms with Crippen LogP contribution in [0.2, 0.25) is 0 Å². The Bertz CT molecular complexity index is 456. The van der Waals surface area contributed by atoms with Crippen molar-refractivity contribution in [3.63, 3.8) is 0 Å². The number of aliphatic hydroxyl groups is 1. The predicted octanol–water partition coefficient (Wildman–Crippen LogP) is 0.927. The average molecular weight is 317 g/mol. The standard InChI is InChI=1S/C12H14BrFN2O2/c13-10-2-1-8(14)3-7(10)5-16-12(18)11-4-9(17)6-15-11/h1-3,9,11,15,17H,4-6H2,(H,16,18)/t9-,11-/m1/s1. The molecule has 2 rings (SSSR count). The molecule has 0 aromatic heterocycles. The molecule has 1 fully saturated rings. The van der Waals surface area contributed by atoms with Gasteiger partial charge in [-0.3, -0.25) is 4.79 Å². The predicted molar refractivity (Wildman–Crippen MR) is 68.4 cm³/mol. The van der Waals surface area contributed by atoms with Gasteiger partial charge in [0.25, 0.3) is 0 Å². The number of β-amino-alcohol motifs (C(OH)–C–C–N with tert-alkyl or cyclic N) is 1. The zero-order valence-corrected chi connectivity index (χ0v) is 11.2. The average Bonchev–Trinajstić information content (AvgIpc) is 2.77. The van der Waals surface area contributed by atoms with Crippen LogP contribution in [0.25, 0.3) is 0 Å². The fraction of sp³-hybridized carbons (Fsp3) is 0.417. The van der Waals surface area contributed by atoms with Gasteiger partial charge in [0.05, 0.1) is 12.1 Å². The lowest BCUT2D eigenvalue weighted by molar-refractivity contribution is -0.123. The third kappa shape index (κ3) is 3.28. The maximum Gasteiger partial charge on any atom is 0.237 e. The molecule has 0 spiro atoms. The number of carbonyl (C=O) groups excluding carboxylic acids is 1. The summed E-state index contributed by atoms with van der Waals surface area (Å²) in [5.74, 6) is -0.514. The second kappa shape index (κ2) is 5.77. The molecule has 98 valence electrons. The van der Waals surface area contributed by atoms with Gasteiger partial charge in [0.15, 0.2) is 0 Å². The zero-order valence-electron chi connectivity index (χ0n) is 9.62. The highest BCUT2D eigenvalue weighted by molar-refractivity contribution is 9.10. The number of halogens is 2. The van der Waals surface area contributed by atoms with Gasteiger partial charge in [0, 0.05) is 17.6 Å². The van der Waals surface area contributed by atoms with E-state index in [0.717, 1.165) is 4.47 Å². The molecule has 3 N–H and O–H groups in total. The number of rotatable bonds is 3. The molecular formula is C12H14BrFN2O2. The van der Waals surface area contributed by atoms with E-state index in [1.165, 1.54) is 12.1 Å². The summed E-state index contributed by atoms with van der Waals surface area (Å²) < 4.78 is 13.8. The maximum absolute atomic E-state index is 13.0.